The molecule has 1 heterocycles. The Balaban J connectivity index is 2.53. The first kappa shape index (κ1) is 12.6. The van der Waals surface area contributed by atoms with Gasteiger partial charge in [0, 0.05) is 12.6 Å². The van der Waals surface area contributed by atoms with Crippen molar-refractivity contribution < 1.29 is 4.74 Å². The monoisotopic (exact) mass is 246 g/mol. The summed E-state index contributed by atoms with van der Waals surface area (Å²) in [5.74, 6) is 2.37. The number of rotatable bonds is 3. The van der Waals surface area contributed by atoms with Crippen LogP contribution in [0.25, 0.3) is 11.4 Å². The molecule has 1 aromatic heterocycles. The molecule has 5 heteroatoms. The van der Waals surface area contributed by atoms with Crippen LogP contribution in [0, 0.1) is 13.8 Å². The number of hydrogen-bond acceptors (Lipinski definition) is 4. The van der Waals surface area contributed by atoms with Crippen LogP contribution in [-0.4, -0.2) is 21.9 Å². The van der Waals surface area contributed by atoms with Crippen molar-refractivity contribution >= 4 is 0 Å². The van der Waals surface area contributed by atoms with Gasteiger partial charge in [-0.2, -0.15) is 5.10 Å². The van der Waals surface area contributed by atoms with Gasteiger partial charge in [0.15, 0.2) is 5.82 Å². The molecule has 0 bridgehead atoms. The first-order valence-corrected chi connectivity index (χ1v) is 5.82. The fourth-order valence-electron chi connectivity index (χ4n) is 1.96. The highest BCUT2D eigenvalue weighted by molar-refractivity contribution is 5.63. The highest BCUT2D eigenvalue weighted by Gasteiger charge is 2.12. The number of aromatic nitrogens is 3. The van der Waals surface area contributed by atoms with Crippen LogP contribution in [-0.2, 0) is 13.6 Å². The van der Waals surface area contributed by atoms with Crippen LogP contribution in [0.15, 0.2) is 12.1 Å². The van der Waals surface area contributed by atoms with Gasteiger partial charge in [-0.25, -0.2) is 4.98 Å². The Kier molecular flexibility index (Phi) is 3.34. The summed E-state index contributed by atoms with van der Waals surface area (Å²) in [5, 5.41) is 4.39. The van der Waals surface area contributed by atoms with Gasteiger partial charge in [0.2, 0.25) is 0 Å². The van der Waals surface area contributed by atoms with Crippen LogP contribution in [0.3, 0.4) is 0 Å². The van der Waals surface area contributed by atoms with Crippen LogP contribution >= 0.6 is 0 Å². The summed E-state index contributed by atoms with van der Waals surface area (Å²) in [6.45, 7) is 4.42. The first-order valence-electron chi connectivity index (χ1n) is 5.82. The van der Waals surface area contributed by atoms with E-state index in [0.717, 1.165) is 28.3 Å². The molecule has 18 heavy (non-hydrogen) atoms. The van der Waals surface area contributed by atoms with E-state index in [1.54, 1.807) is 11.8 Å². The van der Waals surface area contributed by atoms with Gasteiger partial charge >= 0.3 is 0 Å². The predicted molar refractivity (Wildman–Crippen MR) is 70.4 cm³/mol. The fraction of sp³-hybridized carbons (Fsp3) is 0.385. The molecule has 2 rings (SSSR count). The summed E-state index contributed by atoms with van der Waals surface area (Å²) in [6, 6.07) is 4.05. The highest BCUT2D eigenvalue weighted by Crippen LogP contribution is 2.28. The van der Waals surface area contributed by atoms with Crippen molar-refractivity contribution in [1.29, 1.82) is 0 Å². The van der Waals surface area contributed by atoms with Gasteiger partial charge in [0.1, 0.15) is 11.6 Å². The van der Waals surface area contributed by atoms with E-state index in [4.69, 9.17) is 10.5 Å². The molecule has 0 aliphatic rings. The van der Waals surface area contributed by atoms with E-state index in [1.807, 2.05) is 33.0 Å². The Morgan fingerprint density at radius 3 is 2.56 bits per heavy atom. The zero-order valence-electron chi connectivity index (χ0n) is 11.2. The molecular weight excluding hydrogens is 228 g/mol. The van der Waals surface area contributed by atoms with E-state index in [-0.39, 0.29) is 0 Å². The lowest BCUT2D eigenvalue weighted by molar-refractivity contribution is 0.411. The minimum Gasteiger partial charge on any atom is -0.496 e. The number of methoxy groups -OCH3 is 1. The molecule has 5 nitrogen and oxygen atoms in total. The molecule has 0 atom stereocenters. The quantitative estimate of drug-likeness (QED) is 0.892. The second-order valence-electron chi connectivity index (χ2n) is 4.32. The molecule has 0 saturated heterocycles. The number of benzene rings is 1. The van der Waals surface area contributed by atoms with Crippen molar-refractivity contribution in [2.45, 2.75) is 20.4 Å². The normalized spacial score (nSPS) is 10.7. The number of aryl methyl sites for hydroxylation is 3. The van der Waals surface area contributed by atoms with Crippen LogP contribution in [0.1, 0.15) is 17.0 Å². The zero-order chi connectivity index (χ0) is 13.3. The van der Waals surface area contributed by atoms with E-state index in [1.165, 1.54) is 0 Å². The molecule has 0 unspecified atom stereocenters. The third-order valence-corrected chi connectivity index (χ3v) is 3.02. The zero-order valence-corrected chi connectivity index (χ0v) is 11.2. The Labute approximate surface area is 107 Å². The number of nitrogens with two attached hydrogens (primary N) is 1. The predicted octanol–water partition coefficient (Wildman–Crippen LogP) is 1.57. The second kappa shape index (κ2) is 4.78. The topological polar surface area (TPSA) is 66.0 Å². The molecule has 0 amide bonds. The average Bonchev–Trinajstić information content (AvgIpc) is 2.72. The summed E-state index contributed by atoms with van der Waals surface area (Å²) in [6.07, 6.45) is 0. The minimum atomic E-state index is 0.387. The summed E-state index contributed by atoms with van der Waals surface area (Å²) < 4.78 is 7.02. The molecule has 0 aliphatic heterocycles. The van der Waals surface area contributed by atoms with Crippen molar-refractivity contribution in [3.05, 3.63) is 29.1 Å². The Morgan fingerprint density at radius 1 is 1.28 bits per heavy atom. The van der Waals surface area contributed by atoms with E-state index >= 15 is 0 Å². The minimum absolute atomic E-state index is 0.387. The van der Waals surface area contributed by atoms with Gasteiger partial charge in [-0.1, -0.05) is 0 Å². The maximum Gasteiger partial charge on any atom is 0.181 e. The van der Waals surface area contributed by atoms with E-state index < -0.39 is 0 Å². The lowest BCUT2D eigenvalue weighted by atomic mass is 10.0. The van der Waals surface area contributed by atoms with E-state index in [2.05, 4.69) is 10.1 Å². The van der Waals surface area contributed by atoms with Gasteiger partial charge in [0.25, 0.3) is 0 Å². The molecule has 1 aromatic carbocycles. The molecule has 0 aliphatic carbocycles. The third kappa shape index (κ3) is 2.09. The van der Waals surface area contributed by atoms with E-state index in [0.29, 0.717) is 12.4 Å². The van der Waals surface area contributed by atoms with Crippen LogP contribution in [0.2, 0.25) is 0 Å². The van der Waals surface area contributed by atoms with Gasteiger partial charge in [-0.3, -0.25) is 4.68 Å². The first-order chi connectivity index (χ1) is 8.56. The SMILES string of the molecule is COc1cc(C)c(-c2nc(CN)n(C)n2)cc1C. The Bertz CT molecular complexity index is 575. The molecule has 2 N–H and O–H groups in total. The molecular formula is C13H18N4O. The van der Waals surface area contributed by atoms with Crippen molar-refractivity contribution in [2.75, 3.05) is 7.11 Å². The molecule has 0 saturated carbocycles. The molecule has 0 fully saturated rings. The van der Waals surface area contributed by atoms with Gasteiger partial charge in [0.05, 0.1) is 13.7 Å². The highest BCUT2D eigenvalue weighted by atomic mass is 16.5. The molecule has 2 aromatic rings. The smallest absolute Gasteiger partial charge is 0.181 e. The Morgan fingerprint density at radius 2 is 2.00 bits per heavy atom. The van der Waals surface area contributed by atoms with Crippen LogP contribution in [0.4, 0.5) is 0 Å². The number of ether oxygens (including phenoxy) is 1. The van der Waals surface area contributed by atoms with Crippen molar-refractivity contribution in [3.8, 4) is 17.1 Å². The number of nitrogens with zero attached hydrogens (tertiary/aromatic N) is 3. The summed E-state index contributed by atoms with van der Waals surface area (Å²) in [5.41, 5.74) is 8.79. The van der Waals surface area contributed by atoms with Crippen molar-refractivity contribution in [1.82, 2.24) is 14.8 Å². The second-order valence-corrected chi connectivity index (χ2v) is 4.32. The summed E-state index contributed by atoms with van der Waals surface area (Å²) in [7, 11) is 3.53. The van der Waals surface area contributed by atoms with E-state index in [9.17, 15) is 0 Å². The standard InChI is InChI=1S/C13H18N4O/c1-8-6-11(18-4)9(2)5-10(8)13-15-12(7-14)17(3)16-13/h5-6H,7,14H2,1-4H3. The molecule has 0 radical (unpaired) electrons. The van der Waals surface area contributed by atoms with Crippen molar-refractivity contribution in [3.63, 3.8) is 0 Å². The lowest BCUT2D eigenvalue weighted by Gasteiger charge is -2.08. The molecule has 0 spiro atoms. The van der Waals surface area contributed by atoms with Gasteiger partial charge in [-0.15, -0.1) is 0 Å². The van der Waals surface area contributed by atoms with Gasteiger partial charge in [-0.05, 0) is 37.1 Å². The average molecular weight is 246 g/mol. The fourth-order valence-corrected chi connectivity index (χ4v) is 1.96. The van der Waals surface area contributed by atoms with Crippen LogP contribution in [0.5, 0.6) is 5.75 Å². The van der Waals surface area contributed by atoms with Gasteiger partial charge < -0.3 is 10.5 Å². The summed E-state index contributed by atoms with van der Waals surface area (Å²) in [4.78, 5) is 4.44. The Hall–Kier alpha value is -1.88. The lowest BCUT2D eigenvalue weighted by Crippen LogP contribution is -2.05. The van der Waals surface area contributed by atoms with Crippen LogP contribution < -0.4 is 10.5 Å². The maximum absolute atomic E-state index is 5.61. The molecule has 96 valence electrons. The number of hydrogen-bond donors (Lipinski definition) is 1. The largest absolute Gasteiger partial charge is 0.496 e. The van der Waals surface area contributed by atoms with Crippen molar-refractivity contribution in [2.24, 2.45) is 12.8 Å². The maximum atomic E-state index is 5.61. The third-order valence-electron chi connectivity index (χ3n) is 3.02. The summed E-state index contributed by atoms with van der Waals surface area (Å²) >= 11 is 0.